The number of para-hydroxylation sites is 1. The smallest absolute Gasteiger partial charge is 0.281 e. The Balaban J connectivity index is 1.27. The second-order valence-corrected chi connectivity index (χ2v) is 10.4. The first-order valence-electron chi connectivity index (χ1n) is 12.5. The molecule has 6 rings (SSSR count). The van der Waals surface area contributed by atoms with E-state index in [2.05, 4.69) is 44.2 Å². The van der Waals surface area contributed by atoms with E-state index in [9.17, 15) is 18.0 Å². The minimum absolute atomic E-state index is 0.0494. The summed E-state index contributed by atoms with van der Waals surface area (Å²) in [6, 6.07) is 17.1. The normalized spacial score (nSPS) is 15.4. The Morgan fingerprint density at radius 3 is 2.61 bits per heavy atom. The van der Waals surface area contributed by atoms with Crippen LogP contribution in [0.25, 0.3) is 27.8 Å². The summed E-state index contributed by atoms with van der Waals surface area (Å²) in [6.07, 6.45) is -1.57. The fourth-order valence-electron chi connectivity index (χ4n) is 4.55. The third-order valence-electron chi connectivity index (χ3n) is 6.49. The fraction of sp³-hybridized carbons (Fsp3) is 0.179. The van der Waals surface area contributed by atoms with Gasteiger partial charge in [0.1, 0.15) is 6.33 Å². The van der Waals surface area contributed by atoms with E-state index >= 15 is 0 Å². The number of imidazole rings is 1. The van der Waals surface area contributed by atoms with Gasteiger partial charge in [0.15, 0.2) is 16.7 Å². The molecule has 1 fully saturated rings. The molecule has 1 amide bonds. The molecule has 0 unspecified atom stereocenters. The van der Waals surface area contributed by atoms with E-state index in [1.54, 1.807) is 27.7 Å². The van der Waals surface area contributed by atoms with E-state index in [-0.39, 0.29) is 23.4 Å². The Morgan fingerprint density at radius 2 is 1.85 bits per heavy atom. The highest BCUT2D eigenvalue weighted by Gasteiger charge is 2.33. The lowest BCUT2D eigenvalue weighted by atomic mass is 10.0. The second kappa shape index (κ2) is 10.4. The first kappa shape index (κ1) is 26.6. The van der Waals surface area contributed by atoms with Crippen LogP contribution in [0.15, 0.2) is 77.2 Å². The third-order valence-corrected chi connectivity index (χ3v) is 7.40. The van der Waals surface area contributed by atoms with Crippen LogP contribution >= 0.6 is 11.8 Å². The molecule has 9 nitrogen and oxygen atoms in total. The van der Waals surface area contributed by atoms with Gasteiger partial charge in [-0.05, 0) is 53.9 Å². The SMILES string of the molecule is CC(C)c1ccccc1N1C(=O)CS/C1=N\N=Cc1ccc2c(ccc3c2ncn3-c2ccc(C(F)(F)F)nn2)n1. The molecule has 13 heteroatoms. The zero-order valence-corrected chi connectivity index (χ0v) is 22.6. The minimum Gasteiger partial charge on any atom is -0.281 e. The van der Waals surface area contributed by atoms with Gasteiger partial charge in [-0.3, -0.25) is 14.3 Å². The third kappa shape index (κ3) is 5.04. The number of nitrogens with zero attached hydrogens (tertiary/aromatic N) is 8. The summed E-state index contributed by atoms with van der Waals surface area (Å²) in [5, 5.41) is 16.8. The number of anilines is 1. The number of amidine groups is 1. The lowest BCUT2D eigenvalue weighted by Gasteiger charge is -2.20. The van der Waals surface area contributed by atoms with Gasteiger partial charge in [-0.2, -0.15) is 18.3 Å². The van der Waals surface area contributed by atoms with Gasteiger partial charge in [0, 0.05) is 5.39 Å². The molecule has 5 aromatic rings. The van der Waals surface area contributed by atoms with Crippen LogP contribution in [0.1, 0.15) is 36.7 Å². The molecular weight excluding hydrogens is 553 g/mol. The van der Waals surface area contributed by atoms with Crippen LogP contribution in [0.5, 0.6) is 0 Å². The van der Waals surface area contributed by atoms with Crippen LogP contribution in [-0.2, 0) is 11.0 Å². The molecule has 206 valence electrons. The molecule has 0 aliphatic carbocycles. The summed E-state index contributed by atoms with van der Waals surface area (Å²) in [5.74, 6) is 0.683. The number of rotatable bonds is 5. The lowest BCUT2D eigenvalue weighted by Crippen LogP contribution is -2.30. The number of pyridine rings is 1. The lowest BCUT2D eigenvalue weighted by molar-refractivity contribution is -0.141. The van der Waals surface area contributed by atoms with Crippen molar-refractivity contribution in [3.05, 3.63) is 83.9 Å². The summed E-state index contributed by atoms with van der Waals surface area (Å²) in [5.41, 5.74) is 3.25. The van der Waals surface area contributed by atoms with Gasteiger partial charge in [-0.15, -0.1) is 15.3 Å². The van der Waals surface area contributed by atoms with Gasteiger partial charge in [-0.1, -0.05) is 43.8 Å². The summed E-state index contributed by atoms with van der Waals surface area (Å²) in [4.78, 5) is 23.4. The fourth-order valence-corrected chi connectivity index (χ4v) is 5.37. The van der Waals surface area contributed by atoms with Crippen LogP contribution in [0.3, 0.4) is 0 Å². The predicted molar refractivity (Wildman–Crippen MR) is 152 cm³/mol. The molecule has 4 heterocycles. The summed E-state index contributed by atoms with van der Waals surface area (Å²) >= 11 is 1.33. The maximum Gasteiger partial charge on any atom is 0.435 e. The Labute approximate surface area is 235 Å². The quantitative estimate of drug-likeness (QED) is 0.189. The number of hydrogen-bond acceptors (Lipinski definition) is 8. The van der Waals surface area contributed by atoms with Crippen LogP contribution in [0, 0.1) is 0 Å². The van der Waals surface area contributed by atoms with Crippen molar-refractivity contribution in [3.63, 3.8) is 0 Å². The van der Waals surface area contributed by atoms with Crippen LogP contribution in [0.4, 0.5) is 18.9 Å². The largest absolute Gasteiger partial charge is 0.435 e. The number of thioether (sulfide) groups is 1. The summed E-state index contributed by atoms with van der Waals surface area (Å²) < 4.78 is 40.1. The maximum absolute atomic E-state index is 12.9. The van der Waals surface area contributed by atoms with Crippen LogP contribution < -0.4 is 4.90 Å². The van der Waals surface area contributed by atoms with Gasteiger partial charge in [0.25, 0.3) is 0 Å². The van der Waals surface area contributed by atoms with E-state index in [0.29, 0.717) is 27.4 Å². The van der Waals surface area contributed by atoms with E-state index < -0.39 is 11.9 Å². The van der Waals surface area contributed by atoms with Gasteiger partial charge < -0.3 is 0 Å². The maximum atomic E-state index is 12.9. The van der Waals surface area contributed by atoms with Crippen LogP contribution in [0.2, 0.25) is 0 Å². The van der Waals surface area contributed by atoms with E-state index in [0.717, 1.165) is 22.7 Å². The molecule has 41 heavy (non-hydrogen) atoms. The second-order valence-electron chi connectivity index (χ2n) is 9.48. The molecular formula is C28H21F3N8OS. The number of benzene rings is 2. The molecule has 0 radical (unpaired) electrons. The van der Waals surface area contributed by atoms with Crippen molar-refractivity contribution in [2.24, 2.45) is 10.2 Å². The number of hydrogen-bond donors (Lipinski definition) is 0. The van der Waals surface area contributed by atoms with Gasteiger partial charge in [0.05, 0.1) is 39.9 Å². The Kier molecular flexibility index (Phi) is 6.73. The minimum atomic E-state index is -4.57. The molecule has 1 aliphatic rings. The summed E-state index contributed by atoms with van der Waals surface area (Å²) in [6.45, 7) is 4.15. The van der Waals surface area contributed by atoms with Crippen molar-refractivity contribution < 1.29 is 18.0 Å². The molecule has 0 bridgehead atoms. The van der Waals surface area contributed by atoms with Gasteiger partial charge >= 0.3 is 6.18 Å². The van der Waals surface area contributed by atoms with Gasteiger partial charge in [0.2, 0.25) is 5.91 Å². The molecule has 0 spiro atoms. The summed E-state index contributed by atoms with van der Waals surface area (Å²) in [7, 11) is 0. The van der Waals surface area contributed by atoms with Crippen LogP contribution in [-0.4, -0.2) is 47.8 Å². The molecule has 0 N–H and O–H groups in total. The number of carbonyl (C=O) groups excluding carboxylic acids is 1. The molecule has 3 aromatic heterocycles. The standard InChI is InChI=1S/C28H21F3N8OS/c1-16(2)18-5-3-4-6-21(18)39-25(40)14-41-27(39)37-33-13-17-7-8-19-20(34-17)9-10-22-26(19)32-15-38(22)24-12-11-23(35-36-24)28(29,30)31/h3-13,15-16H,14H2,1-2H3/b33-13?,37-27-. The molecule has 1 aliphatic heterocycles. The highest BCUT2D eigenvalue weighted by Crippen LogP contribution is 2.33. The molecule has 1 saturated heterocycles. The zero-order chi connectivity index (χ0) is 28.7. The average molecular weight is 575 g/mol. The first-order valence-corrected chi connectivity index (χ1v) is 13.5. The zero-order valence-electron chi connectivity index (χ0n) is 21.7. The first-order chi connectivity index (χ1) is 19.7. The monoisotopic (exact) mass is 574 g/mol. The van der Waals surface area contributed by atoms with Crippen molar-refractivity contribution in [1.29, 1.82) is 0 Å². The average Bonchev–Trinajstić information content (AvgIpc) is 3.56. The number of amides is 1. The highest BCUT2D eigenvalue weighted by atomic mass is 32.2. The van der Waals surface area contributed by atoms with E-state index in [4.69, 9.17) is 0 Å². The van der Waals surface area contributed by atoms with Crippen molar-refractivity contribution in [2.75, 3.05) is 10.7 Å². The Bertz CT molecular complexity index is 1850. The number of aromatic nitrogens is 5. The Morgan fingerprint density at radius 1 is 1.02 bits per heavy atom. The molecule has 2 aromatic carbocycles. The van der Waals surface area contributed by atoms with Gasteiger partial charge in [-0.25, -0.2) is 9.97 Å². The van der Waals surface area contributed by atoms with E-state index in [1.165, 1.54) is 30.4 Å². The van der Waals surface area contributed by atoms with E-state index in [1.807, 2.05) is 30.3 Å². The number of carbonyl (C=O) groups is 1. The number of alkyl halides is 3. The molecule has 0 saturated carbocycles. The number of fused-ring (bicyclic) bond motifs is 3. The van der Waals surface area contributed by atoms with Crippen molar-refractivity contribution in [3.8, 4) is 5.82 Å². The topological polar surface area (TPSA) is 102 Å². The van der Waals surface area contributed by atoms with Crippen molar-refractivity contribution in [2.45, 2.75) is 25.9 Å². The number of halogens is 3. The van der Waals surface area contributed by atoms with Crippen molar-refractivity contribution >= 4 is 56.7 Å². The predicted octanol–water partition coefficient (Wildman–Crippen LogP) is 5.98. The Hall–Kier alpha value is -4.65. The highest BCUT2D eigenvalue weighted by molar-refractivity contribution is 8.15. The molecule has 0 atom stereocenters. The van der Waals surface area contributed by atoms with Crippen molar-refractivity contribution in [1.82, 2.24) is 24.7 Å².